The van der Waals surface area contributed by atoms with Crippen LogP contribution in [-0.4, -0.2) is 24.5 Å². The van der Waals surface area contributed by atoms with Gasteiger partial charge in [-0.05, 0) is 129 Å². The highest BCUT2D eigenvalue weighted by Gasteiger charge is 2.14. The van der Waals surface area contributed by atoms with Gasteiger partial charge in [-0.3, -0.25) is 0 Å². The van der Waals surface area contributed by atoms with Crippen molar-refractivity contribution in [2.75, 3.05) is 13.6 Å². The zero-order chi connectivity index (χ0) is 41.2. The molecular weight excluding hydrogens is 687 g/mol. The van der Waals surface area contributed by atoms with Crippen LogP contribution in [0.4, 0.5) is 0 Å². The Labute approximate surface area is 360 Å². The van der Waals surface area contributed by atoms with Crippen molar-refractivity contribution in [3.8, 4) is 0 Å². The fraction of sp³-hybridized carbons (Fsp3) is 0.786. The Balaban J connectivity index is 4.25. The molecule has 0 saturated carbocycles. The third kappa shape index (κ3) is 47.0. The maximum Gasteiger partial charge on any atom is 0.00922 e. The van der Waals surface area contributed by atoms with E-state index in [2.05, 4.69) is 106 Å². The third-order valence-corrected chi connectivity index (χ3v) is 11.8. The fourth-order valence-electron chi connectivity index (χ4n) is 7.85. The predicted molar refractivity (Wildman–Crippen MR) is 264 cm³/mol. The lowest BCUT2D eigenvalue weighted by Crippen LogP contribution is -2.32. The number of unbranched alkanes of at least 4 members (excludes halogenated alkanes) is 27. The Hall–Kier alpha value is -1.60. The molecule has 1 heteroatoms. The molecule has 0 heterocycles. The summed E-state index contributed by atoms with van der Waals surface area (Å²) in [6.45, 7) is 8.14. The summed E-state index contributed by atoms with van der Waals surface area (Å²) >= 11 is 0. The molecular formula is C56H103N. The topological polar surface area (TPSA) is 3.24 Å². The zero-order valence-electron chi connectivity index (χ0n) is 39.5. The van der Waals surface area contributed by atoms with Crippen LogP contribution in [0.3, 0.4) is 0 Å². The van der Waals surface area contributed by atoms with Crippen molar-refractivity contribution >= 4 is 0 Å². The van der Waals surface area contributed by atoms with Crippen LogP contribution in [0.15, 0.2) is 72.9 Å². The Morgan fingerprint density at radius 2 is 0.526 bits per heavy atom. The summed E-state index contributed by atoms with van der Waals surface area (Å²) in [6, 6.07) is 0.791. The summed E-state index contributed by atoms with van der Waals surface area (Å²) in [5.74, 6) is 0. The van der Waals surface area contributed by atoms with E-state index in [1.165, 1.54) is 231 Å². The summed E-state index contributed by atoms with van der Waals surface area (Å²) in [7, 11) is 2.45. The first kappa shape index (κ1) is 55.4. The molecule has 0 radical (unpaired) electrons. The molecule has 0 aromatic carbocycles. The van der Waals surface area contributed by atoms with E-state index in [0.29, 0.717) is 0 Å². The molecule has 0 aliphatic carbocycles. The minimum absolute atomic E-state index is 0.791. The van der Waals surface area contributed by atoms with E-state index in [9.17, 15) is 0 Å². The molecule has 0 aromatic rings. The molecule has 0 saturated heterocycles. The molecule has 0 rings (SSSR count). The molecule has 1 nitrogen and oxygen atoms in total. The van der Waals surface area contributed by atoms with Crippen molar-refractivity contribution in [3.05, 3.63) is 72.9 Å². The first-order valence-corrected chi connectivity index (χ1v) is 25.9. The predicted octanol–water partition coefficient (Wildman–Crippen LogP) is 19.5. The van der Waals surface area contributed by atoms with E-state index in [1.807, 2.05) is 0 Å². The average Bonchev–Trinajstić information content (AvgIpc) is 3.22. The number of rotatable bonds is 46. The molecule has 0 aliphatic heterocycles. The summed E-state index contributed by atoms with van der Waals surface area (Å²) in [5, 5.41) is 0. The minimum atomic E-state index is 0.791. The molecule has 57 heavy (non-hydrogen) atoms. The molecule has 0 spiro atoms. The zero-order valence-corrected chi connectivity index (χ0v) is 39.5. The average molecular weight is 790 g/mol. The molecule has 0 bridgehead atoms. The number of allylic oxidation sites excluding steroid dienone is 12. The van der Waals surface area contributed by atoms with Gasteiger partial charge in [0.25, 0.3) is 0 Å². The number of nitrogens with zero attached hydrogens (tertiary/aromatic N) is 1. The number of hydrogen-bond acceptors (Lipinski definition) is 1. The smallest absolute Gasteiger partial charge is 0.00922 e. The van der Waals surface area contributed by atoms with Gasteiger partial charge in [-0.25, -0.2) is 0 Å². The van der Waals surface area contributed by atoms with E-state index in [4.69, 9.17) is 0 Å². The molecule has 332 valence electrons. The maximum absolute atomic E-state index is 2.77. The Kier molecular flexibility index (Phi) is 49.1. The van der Waals surface area contributed by atoms with Crippen LogP contribution >= 0.6 is 0 Å². The van der Waals surface area contributed by atoms with Crippen molar-refractivity contribution in [3.63, 3.8) is 0 Å². The van der Waals surface area contributed by atoms with Gasteiger partial charge in [0, 0.05) is 6.04 Å². The largest absolute Gasteiger partial charge is 0.303 e. The molecule has 0 amide bonds. The van der Waals surface area contributed by atoms with Crippen molar-refractivity contribution in [1.82, 2.24) is 4.90 Å². The summed E-state index contributed by atoms with van der Waals surface area (Å²) in [5.41, 5.74) is 0. The van der Waals surface area contributed by atoms with E-state index >= 15 is 0 Å². The van der Waals surface area contributed by atoms with Gasteiger partial charge >= 0.3 is 0 Å². The van der Waals surface area contributed by atoms with Gasteiger partial charge in [0.15, 0.2) is 0 Å². The summed E-state index contributed by atoms with van der Waals surface area (Å²) in [6.07, 6.45) is 79.7. The summed E-state index contributed by atoms with van der Waals surface area (Å²) in [4.78, 5) is 2.77. The van der Waals surface area contributed by atoms with Crippen molar-refractivity contribution in [2.45, 2.75) is 271 Å². The first-order chi connectivity index (χ1) is 28.3. The first-order valence-electron chi connectivity index (χ1n) is 25.9. The van der Waals surface area contributed by atoms with E-state index < -0.39 is 0 Å². The van der Waals surface area contributed by atoms with Crippen molar-refractivity contribution < 1.29 is 0 Å². The second-order valence-electron chi connectivity index (χ2n) is 17.5. The van der Waals surface area contributed by atoms with Crippen molar-refractivity contribution in [1.29, 1.82) is 0 Å². The van der Waals surface area contributed by atoms with Crippen molar-refractivity contribution in [2.24, 2.45) is 0 Å². The lowest BCUT2D eigenvalue weighted by Gasteiger charge is -2.28. The number of hydrogen-bond donors (Lipinski definition) is 0. The third-order valence-electron chi connectivity index (χ3n) is 11.8. The normalized spacial score (nSPS) is 13.2. The highest BCUT2D eigenvalue weighted by molar-refractivity contribution is 4.94. The van der Waals surface area contributed by atoms with Crippen LogP contribution in [-0.2, 0) is 0 Å². The second kappa shape index (κ2) is 50.5. The maximum atomic E-state index is 2.77. The molecule has 0 N–H and O–H groups in total. The van der Waals surface area contributed by atoms with Gasteiger partial charge in [0.2, 0.25) is 0 Å². The molecule has 0 aromatic heterocycles. The monoisotopic (exact) mass is 790 g/mol. The molecule has 0 aliphatic rings. The van der Waals surface area contributed by atoms with E-state index in [-0.39, 0.29) is 0 Å². The Morgan fingerprint density at radius 1 is 0.281 bits per heavy atom. The van der Waals surface area contributed by atoms with Crippen LogP contribution < -0.4 is 0 Å². The highest BCUT2D eigenvalue weighted by Crippen LogP contribution is 2.20. The molecule has 0 fully saturated rings. The molecule has 0 atom stereocenters. The van der Waals surface area contributed by atoms with Crippen LogP contribution in [0.5, 0.6) is 0 Å². The Morgan fingerprint density at radius 3 is 0.825 bits per heavy atom. The highest BCUT2D eigenvalue weighted by atomic mass is 15.1. The Bertz CT molecular complexity index is 870. The lowest BCUT2D eigenvalue weighted by atomic mass is 9.98. The van der Waals surface area contributed by atoms with Gasteiger partial charge in [-0.1, -0.05) is 222 Å². The van der Waals surface area contributed by atoms with Crippen LogP contribution in [0.1, 0.15) is 265 Å². The van der Waals surface area contributed by atoms with E-state index in [1.54, 1.807) is 0 Å². The van der Waals surface area contributed by atoms with Crippen LogP contribution in [0.25, 0.3) is 0 Å². The SMILES string of the molecule is CCCCCC=CCC=CCCCCCCCCC(CCCCCCCCC=CCC=CCCCCC)N(C)CCCCCCCC/C=C\C/C=C\CCCCC. The van der Waals surface area contributed by atoms with Gasteiger partial charge in [0.1, 0.15) is 0 Å². The lowest BCUT2D eigenvalue weighted by molar-refractivity contribution is 0.205. The van der Waals surface area contributed by atoms with Gasteiger partial charge < -0.3 is 4.90 Å². The summed E-state index contributed by atoms with van der Waals surface area (Å²) < 4.78 is 0. The molecule has 0 unspecified atom stereocenters. The van der Waals surface area contributed by atoms with E-state index in [0.717, 1.165) is 25.3 Å². The van der Waals surface area contributed by atoms with Gasteiger partial charge in [-0.15, -0.1) is 0 Å². The standard InChI is InChI=1S/C56H103N/c1-5-8-11-14-17-20-23-26-29-32-35-38-41-44-47-50-53-56(54-51-48-45-42-39-36-33-30-27-24-21-18-15-12-9-6-2)57(4)55-52-49-46-43-40-37-34-31-28-25-22-19-16-13-10-7-3/h17-22,26-31,56H,5-16,23-25,32-55H2,1-4H3/b20-17?,21-18?,22-19-,29-26?,30-27?,31-28-. The van der Waals surface area contributed by atoms with Gasteiger partial charge in [0.05, 0.1) is 0 Å². The van der Waals surface area contributed by atoms with Gasteiger partial charge in [-0.2, -0.15) is 0 Å². The minimum Gasteiger partial charge on any atom is -0.303 e. The van der Waals surface area contributed by atoms with Crippen LogP contribution in [0.2, 0.25) is 0 Å². The van der Waals surface area contributed by atoms with Crippen LogP contribution in [0, 0.1) is 0 Å². The fourth-order valence-corrected chi connectivity index (χ4v) is 7.85. The second-order valence-corrected chi connectivity index (χ2v) is 17.5. The quantitative estimate of drug-likeness (QED) is 0.0439.